The van der Waals surface area contributed by atoms with E-state index < -0.39 is 5.97 Å². The third kappa shape index (κ3) is 1.61. The molecular formula is C11H15N3O2. The topological polar surface area (TPSA) is 58.4 Å². The zero-order valence-corrected chi connectivity index (χ0v) is 9.04. The first-order valence-electron chi connectivity index (χ1n) is 5.75. The number of carboxylic acids is 1. The monoisotopic (exact) mass is 221 g/mol. The second-order valence-electron chi connectivity index (χ2n) is 4.66. The molecule has 1 saturated heterocycles. The Morgan fingerprint density at radius 3 is 2.88 bits per heavy atom. The lowest BCUT2D eigenvalue weighted by Gasteiger charge is -2.16. The molecule has 2 heterocycles. The lowest BCUT2D eigenvalue weighted by molar-refractivity contribution is 0.0682. The van der Waals surface area contributed by atoms with E-state index in [4.69, 9.17) is 5.11 Å². The normalized spacial score (nSPS) is 26.1. The van der Waals surface area contributed by atoms with E-state index >= 15 is 0 Å². The van der Waals surface area contributed by atoms with E-state index in [2.05, 4.69) is 9.88 Å². The number of carbonyl (C=O) groups is 1. The van der Waals surface area contributed by atoms with Crippen LogP contribution in [0.25, 0.3) is 0 Å². The van der Waals surface area contributed by atoms with Gasteiger partial charge in [0.2, 0.25) is 0 Å². The van der Waals surface area contributed by atoms with Crippen LogP contribution in [0.4, 0.5) is 0 Å². The van der Waals surface area contributed by atoms with Gasteiger partial charge in [-0.2, -0.15) is 0 Å². The van der Waals surface area contributed by atoms with Gasteiger partial charge in [0.1, 0.15) is 5.69 Å². The van der Waals surface area contributed by atoms with Crippen LogP contribution in [0.3, 0.4) is 0 Å². The fourth-order valence-electron chi connectivity index (χ4n) is 2.53. The Hall–Kier alpha value is -1.36. The molecule has 2 fully saturated rings. The van der Waals surface area contributed by atoms with Gasteiger partial charge in [0, 0.05) is 25.2 Å². The smallest absolute Gasteiger partial charge is 0.354 e. The van der Waals surface area contributed by atoms with E-state index in [-0.39, 0.29) is 6.04 Å². The van der Waals surface area contributed by atoms with Crippen molar-refractivity contribution in [1.82, 2.24) is 14.5 Å². The number of rotatable bonds is 3. The number of hydrogen-bond donors (Lipinski definition) is 1. The van der Waals surface area contributed by atoms with Crippen molar-refractivity contribution in [2.45, 2.75) is 31.3 Å². The van der Waals surface area contributed by atoms with Crippen LogP contribution in [0.1, 0.15) is 35.8 Å². The molecule has 3 rings (SSSR count). The molecule has 2 aliphatic rings. The first-order chi connectivity index (χ1) is 7.75. The minimum Gasteiger partial charge on any atom is -0.477 e. The highest BCUT2D eigenvalue weighted by molar-refractivity contribution is 5.85. The average Bonchev–Trinajstić information content (AvgIpc) is 2.83. The Bertz CT molecular complexity index is 411. The lowest BCUT2D eigenvalue weighted by atomic mass is 10.2. The summed E-state index contributed by atoms with van der Waals surface area (Å²) in [5.74, 6) is -0.887. The maximum Gasteiger partial charge on any atom is 0.354 e. The molecule has 1 aromatic heterocycles. The van der Waals surface area contributed by atoms with Gasteiger partial charge in [-0.3, -0.25) is 4.90 Å². The van der Waals surface area contributed by atoms with Gasteiger partial charge in [0.05, 0.1) is 12.5 Å². The molecule has 0 spiro atoms. The molecule has 0 amide bonds. The maximum absolute atomic E-state index is 11.0. The summed E-state index contributed by atoms with van der Waals surface area (Å²) in [6.07, 6.45) is 6.73. The summed E-state index contributed by atoms with van der Waals surface area (Å²) in [4.78, 5) is 17.4. The molecule has 1 aliphatic heterocycles. The number of imidazole rings is 1. The van der Waals surface area contributed by atoms with Gasteiger partial charge in [-0.1, -0.05) is 0 Å². The van der Waals surface area contributed by atoms with Gasteiger partial charge >= 0.3 is 5.97 Å². The van der Waals surface area contributed by atoms with Crippen molar-refractivity contribution in [3.05, 3.63) is 18.2 Å². The summed E-state index contributed by atoms with van der Waals surface area (Å²) in [6.45, 7) is 2.06. The van der Waals surface area contributed by atoms with Gasteiger partial charge < -0.3 is 9.67 Å². The predicted octanol–water partition coefficient (Wildman–Crippen LogP) is 0.990. The third-order valence-electron chi connectivity index (χ3n) is 3.54. The molecule has 0 radical (unpaired) electrons. The minimum atomic E-state index is -0.887. The van der Waals surface area contributed by atoms with Crippen LogP contribution in [0.5, 0.6) is 0 Å². The zero-order chi connectivity index (χ0) is 11.1. The van der Waals surface area contributed by atoms with Crippen LogP contribution in [0.15, 0.2) is 12.5 Å². The van der Waals surface area contributed by atoms with Crippen LogP contribution < -0.4 is 0 Å². The van der Waals surface area contributed by atoms with Crippen molar-refractivity contribution in [3.63, 3.8) is 0 Å². The molecule has 1 saturated carbocycles. The number of nitrogens with zero attached hydrogens (tertiary/aromatic N) is 3. The molecule has 5 nitrogen and oxygen atoms in total. The summed E-state index contributed by atoms with van der Waals surface area (Å²) in [5, 5.41) is 9.03. The molecule has 1 atom stereocenters. The zero-order valence-electron chi connectivity index (χ0n) is 9.04. The van der Waals surface area contributed by atoms with Crippen LogP contribution >= 0.6 is 0 Å². The van der Waals surface area contributed by atoms with Gasteiger partial charge in [-0.25, -0.2) is 9.78 Å². The van der Waals surface area contributed by atoms with Crippen molar-refractivity contribution in [1.29, 1.82) is 0 Å². The molecule has 86 valence electrons. The summed E-state index contributed by atoms with van der Waals surface area (Å²) in [7, 11) is 0. The summed E-state index contributed by atoms with van der Waals surface area (Å²) in [6, 6.07) is 1.05. The molecule has 5 heteroatoms. The minimum absolute atomic E-state index is 0.286. The van der Waals surface area contributed by atoms with Gasteiger partial charge in [-0.05, 0) is 19.3 Å². The van der Waals surface area contributed by atoms with E-state index in [1.54, 1.807) is 6.33 Å². The SMILES string of the molecule is O=C(O)c1cncn1C1CCN(C2CC2)C1. The molecule has 0 aromatic carbocycles. The van der Waals surface area contributed by atoms with Crippen molar-refractivity contribution in [3.8, 4) is 0 Å². The third-order valence-corrected chi connectivity index (χ3v) is 3.54. The molecule has 1 aliphatic carbocycles. The Balaban J connectivity index is 1.77. The molecule has 16 heavy (non-hydrogen) atoms. The second-order valence-corrected chi connectivity index (χ2v) is 4.66. The number of aromatic carboxylic acids is 1. The number of hydrogen-bond acceptors (Lipinski definition) is 3. The Labute approximate surface area is 93.7 Å². The van der Waals surface area contributed by atoms with E-state index in [0.717, 1.165) is 25.6 Å². The maximum atomic E-state index is 11.0. The number of aromatic nitrogens is 2. The Morgan fingerprint density at radius 2 is 2.19 bits per heavy atom. The summed E-state index contributed by atoms with van der Waals surface area (Å²) >= 11 is 0. The Kier molecular flexibility index (Phi) is 2.21. The van der Waals surface area contributed by atoms with Crippen molar-refractivity contribution in [2.24, 2.45) is 0 Å². The quantitative estimate of drug-likeness (QED) is 0.827. The second kappa shape index (κ2) is 3.59. The highest BCUT2D eigenvalue weighted by Crippen LogP contribution is 2.33. The Morgan fingerprint density at radius 1 is 1.38 bits per heavy atom. The summed E-state index contributed by atoms with van der Waals surface area (Å²) < 4.78 is 1.81. The summed E-state index contributed by atoms with van der Waals surface area (Å²) in [5.41, 5.74) is 0.308. The fourth-order valence-corrected chi connectivity index (χ4v) is 2.53. The fraction of sp³-hybridized carbons (Fsp3) is 0.636. The lowest BCUT2D eigenvalue weighted by Crippen LogP contribution is -2.24. The standard InChI is InChI=1S/C11H15N3O2/c15-11(16)10-5-12-7-14(10)9-3-4-13(6-9)8-1-2-8/h5,7-9H,1-4,6H2,(H,15,16). The van der Waals surface area contributed by atoms with E-state index in [0.29, 0.717) is 5.69 Å². The van der Waals surface area contributed by atoms with Gasteiger partial charge in [0.25, 0.3) is 0 Å². The van der Waals surface area contributed by atoms with E-state index in [1.165, 1.54) is 19.0 Å². The predicted molar refractivity (Wildman–Crippen MR) is 57.4 cm³/mol. The first-order valence-corrected chi connectivity index (χ1v) is 5.75. The highest BCUT2D eigenvalue weighted by Gasteiger charge is 2.35. The molecule has 1 aromatic rings. The van der Waals surface area contributed by atoms with Crippen molar-refractivity contribution in [2.75, 3.05) is 13.1 Å². The van der Waals surface area contributed by atoms with Crippen molar-refractivity contribution < 1.29 is 9.90 Å². The van der Waals surface area contributed by atoms with Crippen molar-refractivity contribution >= 4 is 5.97 Å². The molecule has 1 unspecified atom stereocenters. The average molecular weight is 221 g/mol. The van der Waals surface area contributed by atoms with E-state index in [1.807, 2.05) is 4.57 Å². The van der Waals surface area contributed by atoms with Crippen LogP contribution in [0, 0.1) is 0 Å². The number of likely N-dealkylation sites (tertiary alicyclic amines) is 1. The van der Waals surface area contributed by atoms with Crippen LogP contribution in [0.2, 0.25) is 0 Å². The molecule has 1 N–H and O–H groups in total. The molecular weight excluding hydrogens is 206 g/mol. The van der Waals surface area contributed by atoms with Gasteiger partial charge in [0.15, 0.2) is 0 Å². The number of carboxylic acid groups (broad SMARTS) is 1. The largest absolute Gasteiger partial charge is 0.477 e. The highest BCUT2D eigenvalue weighted by atomic mass is 16.4. The van der Waals surface area contributed by atoms with Crippen LogP contribution in [-0.2, 0) is 0 Å². The first kappa shape index (κ1) is 9.84. The van der Waals surface area contributed by atoms with Crippen LogP contribution in [-0.4, -0.2) is 44.7 Å². The van der Waals surface area contributed by atoms with E-state index in [9.17, 15) is 4.79 Å². The molecule has 0 bridgehead atoms. The van der Waals surface area contributed by atoms with Gasteiger partial charge in [-0.15, -0.1) is 0 Å².